The highest BCUT2D eigenvalue weighted by atomic mass is 79.9. The molecule has 18 heavy (non-hydrogen) atoms. The summed E-state index contributed by atoms with van der Waals surface area (Å²) in [5, 5.41) is 6.90. The fourth-order valence-corrected chi connectivity index (χ4v) is 3.42. The molecule has 1 N–H and O–H groups in total. The Morgan fingerprint density at radius 1 is 1.50 bits per heavy atom. The predicted molar refractivity (Wildman–Crippen MR) is 63.7 cm³/mol. The Morgan fingerprint density at radius 2 is 2.22 bits per heavy atom. The van der Waals surface area contributed by atoms with E-state index in [0.29, 0.717) is 0 Å². The summed E-state index contributed by atoms with van der Waals surface area (Å²) in [6.07, 6.45) is 2.19. The molecule has 0 aromatic carbocycles. The molecule has 0 spiro atoms. The minimum Gasteiger partial charge on any atom is -0.275 e. The summed E-state index contributed by atoms with van der Waals surface area (Å²) in [5.74, 6) is -0.771. The average Bonchev–Trinajstić information content (AvgIpc) is 2.62. The number of pyridine rings is 1. The molecule has 96 valence electrons. The van der Waals surface area contributed by atoms with Crippen LogP contribution in [-0.4, -0.2) is 28.4 Å². The molecule has 0 radical (unpaired) electrons. The topological polar surface area (TPSA) is 89.8 Å². The molecule has 7 nitrogen and oxygen atoms in total. The lowest BCUT2D eigenvalue weighted by atomic mass is 10.4. The molecule has 2 rings (SSSR count). The molecule has 0 fully saturated rings. The van der Waals surface area contributed by atoms with Crippen molar-refractivity contribution in [2.24, 2.45) is 7.05 Å². The summed E-state index contributed by atoms with van der Waals surface area (Å²) in [4.78, 5) is 3.52. The Labute approximate surface area is 110 Å². The average molecular weight is 336 g/mol. The molecule has 0 atom stereocenters. The first-order chi connectivity index (χ1) is 8.42. The van der Waals surface area contributed by atoms with Crippen molar-refractivity contribution in [1.82, 2.24) is 20.0 Å². The van der Waals surface area contributed by atoms with Gasteiger partial charge in [-0.3, -0.25) is 9.71 Å². The maximum absolute atomic E-state index is 13.3. The van der Waals surface area contributed by atoms with Crippen molar-refractivity contribution in [3.8, 4) is 0 Å². The van der Waals surface area contributed by atoms with Gasteiger partial charge in [0.05, 0.1) is 11.9 Å². The highest BCUT2D eigenvalue weighted by Gasteiger charge is 2.24. The first-order valence-electron chi connectivity index (χ1n) is 4.59. The summed E-state index contributed by atoms with van der Waals surface area (Å²) in [6.45, 7) is 0. The van der Waals surface area contributed by atoms with Gasteiger partial charge in [-0.25, -0.2) is 9.07 Å². The largest absolute Gasteiger partial charge is 0.282 e. The van der Waals surface area contributed by atoms with Crippen LogP contribution in [0.5, 0.6) is 0 Å². The van der Waals surface area contributed by atoms with E-state index in [9.17, 15) is 12.8 Å². The third-order valence-electron chi connectivity index (χ3n) is 2.01. The molecule has 0 bridgehead atoms. The molecule has 0 unspecified atom stereocenters. The zero-order valence-electron chi connectivity index (χ0n) is 9.00. The number of aryl methyl sites for hydroxylation is 1. The minimum atomic E-state index is -3.98. The van der Waals surface area contributed by atoms with Gasteiger partial charge in [-0.1, -0.05) is 5.21 Å². The van der Waals surface area contributed by atoms with Gasteiger partial charge in [-0.15, -0.1) is 5.10 Å². The van der Waals surface area contributed by atoms with E-state index in [-0.39, 0.29) is 15.3 Å². The van der Waals surface area contributed by atoms with E-state index >= 15 is 0 Å². The number of nitrogens with zero attached hydrogens (tertiary/aromatic N) is 4. The second kappa shape index (κ2) is 4.61. The quantitative estimate of drug-likeness (QED) is 0.900. The van der Waals surface area contributed by atoms with Gasteiger partial charge >= 0.3 is 0 Å². The van der Waals surface area contributed by atoms with Crippen LogP contribution in [0.3, 0.4) is 0 Å². The SMILES string of the molecule is Cn1nnc(Br)c1S(=O)(=O)Nc1ccncc1F. The number of anilines is 1. The molecule has 2 aromatic rings. The van der Waals surface area contributed by atoms with Gasteiger partial charge in [0, 0.05) is 13.2 Å². The second-order valence-corrected chi connectivity index (χ2v) is 5.62. The van der Waals surface area contributed by atoms with Crippen LogP contribution in [0.2, 0.25) is 0 Å². The van der Waals surface area contributed by atoms with Crippen LogP contribution in [0.4, 0.5) is 10.1 Å². The normalized spacial score (nSPS) is 11.5. The predicted octanol–water partition coefficient (Wildman–Crippen LogP) is 0.912. The van der Waals surface area contributed by atoms with Crippen molar-refractivity contribution in [3.05, 3.63) is 28.9 Å². The molecular weight excluding hydrogens is 329 g/mol. The van der Waals surface area contributed by atoms with Crippen LogP contribution in [0, 0.1) is 5.82 Å². The molecule has 2 aromatic heterocycles. The lowest BCUT2D eigenvalue weighted by molar-refractivity contribution is 0.577. The highest BCUT2D eigenvalue weighted by molar-refractivity contribution is 9.10. The molecule has 2 heterocycles. The number of aromatic nitrogens is 4. The number of hydrogen-bond donors (Lipinski definition) is 1. The van der Waals surface area contributed by atoms with Crippen molar-refractivity contribution >= 4 is 31.6 Å². The van der Waals surface area contributed by atoms with Crippen molar-refractivity contribution < 1.29 is 12.8 Å². The van der Waals surface area contributed by atoms with Crippen LogP contribution < -0.4 is 4.72 Å². The van der Waals surface area contributed by atoms with Gasteiger partial charge in [-0.05, 0) is 22.0 Å². The van der Waals surface area contributed by atoms with Gasteiger partial charge in [-0.2, -0.15) is 8.42 Å². The maximum Gasteiger partial charge on any atom is 0.282 e. The molecular formula is C8H7BrFN5O2S. The van der Waals surface area contributed by atoms with Crippen LogP contribution >= 0.6 is 15.9 Å². The first-order valence-corrected chi connectivity index (χ1v) is 6.87. The number of sulfonamides is 1. The number of hydrogen-bond acceptors (Lipinski definition) is 5. The molecule has 0 aliphatic carbocycles. The Kier molecular flexibility index (Phi) is 3.30. The number of halogens is 2. The molecule has 0 aliphatic rings. The van der Waals surface area contributed by atoms with Gasteiger partial charge in [0.1, 0.15) is 0 Å². The van der Waals surface area contributed by atoms with Crippen LogP contribution in [0.15, 0.2) is 28.1 Å². The van der Waals surface area contributed by atoms with E-state index in [1.165, 1.54) is 19.3 Å². The lowest BCUT2D eigenvalue weighted by Gasteiger charge is -2.08. The summed E-state index contributed by atoms with van der Waals surface area (Å²) in [6, 6.07) is 1.21. The van der Waals surface area contributed by atoms with E-state index < -0.39 is 15.8 Å². The Hall–Kier alpha value is -1.55. The third-order valence-corrected chi connectivity index (χ3v) is 4.26. The smallest absolute Gasteiger partial charge is 0.275 e. The van der Waals surface area contributed by atoms with Crippen LogP contribution in [0.1, 0.15) is 0 Å². The van der Waals surface area contributed by atoms with Crippen molar-refractivity contribution in [2.45, 2.75) is 5.03 Å². The molecule has 0 aliphatic heterocycles. The van der Waals surface area contributed by atoms with Gasteiger partial charge < -0.3 is 0 Å². The Bertz CT molecular complexity index is 667. The Morgan fingerprint density at radius 3 is 2.78 bits per heavy atom. The van der Waals surface area contributed by atoms with Crippen LogP contribution in [0.25, 0.3) is 0 Å². The van der Waals surface area contributed by atoms with Gasteiger partial charge in [0.25, 0.3) is 10.0 Å². The monoisotopic (exact) mass is 335 g/mol. The summed E-state index contributed by atoms with van der Waals surface area (Å²) in [7, 11) is -2.57. The number of nitrogens with one attached hydrogen (secondary N) is 1. The molecule has 0 amide bonds. The summed E-state index contributed by atoms with van der Waals surface area (Å²) in [5.41, 5.74) is -0.196. The number of rotatable bonds is 3. The Balaban J connectivity index is 2.43. The van der Waals surface area contributed by atoms with Crippen molar-refractivity contribution in [1.29, 1.82) is 0 Å². The second-order valence-electron chi connectivity index (χ2n) is 3.27. The summed E-state index contributed by atoms with van der Waals surface area (Å²) >= 11 is 2.97. The van der Waals surface area contributed by atoms with Crippen LogP contribution in [-0.2, 0) is 17.1 Å². The zero-order chi connectivity index (χ0) is 13.3. The lowest BCUT2D eigenvalue weighted by Crippen LogP contribution is -2.18. The van der Waals surface area contributed by atoms with E-state index in [1.807, 2.05) is 0 Å². The summed E-state index contributed by atoms with van der Waals surface area (Å²) < 4.78 is 40.6. The zero-order valence-corrected chi connectivity index (χ0v) is 11.4. The molecule has 10 heteroatoms. The first kappa shape index (κ1) is 12.9. The highest BCUT2D eigenvalue weighted by Crippen LogP contribution is 2.22. The van der Waals surface area contributed by atoms with Crippen molar-refractivity contribution in [3.63, 3.8) is 0 Å². The van der Waals surface area contributed by atoms with Crippen molar-refractivity contribution in [2.75, 3.05) is 4.72 Å². The minimum absolute atomic E-state index is 0.0481. The molecule has 0 saturated heterocycles. The fraction of sp³-hybridized carbons (Fsp3) is 0.125. The van der Waals surface area contributed by atoms with Gasteiger partial charge in [0.2, 0.25) is 5.03 Å². The maximum atomic E-state index is 13.3. The fourth-order valence-electron chi connectivity index (χ4n) is 1.26. The standard InChI is InChI=1S/C8H7BrFN5O2S/c1-15-8(7(9)12-14-15)18(16,17)13-6-2-3-11-4-5(6)10/h2-4H,1H3,(H,11,13). The van der Waals surface area contributed by atoms with Gasteiger partial charge in [0.15, 0.2) is 10.4 Å². The van der Waals surface area contributed by atoms with E-state index in [0.717, 1.165) is 10.9 Å². The third kappa shape index (κ3) is 2.34. The van der Waals surface area contributed by atoms with E-state index in [2.05, 4.69) is 35.9 Å². The van der Waals surface area contributed by atoms with E-state index in [4.69, 9.17) is 0 Å². The van der Waals surface area contributed by atoms with E-state index in [1.54, 1.807) is 0 Å². The molecule has 0 saturated carbocycles.